The number of fused-ring (bicyclic) bond motifs is 1. The molecule has 1 aromatic carbocycles. The highest BCUT2D eigenvalue weighted by Crippen LogP contribution is 2.18. The normalized spacial score (nSPS) is 13.1. The van der Waals surface area contributed by atoms with Crippen LogP contribution in [0.1, 0.15) is 24.0 Å². The Morgan fingerprint density at radius 3 is 2.48 bits per heavy atom. The SMILES string of the molecule is O=C(O)CCNC(=O)CCNC(=O)N1CCc2ccccc2C1. The molecule has 0 aromatic heterocycles. The van der Waals surface area contributed by atoms with Gasteiger partial charge in [0.1, 0.15) is 0 Å². The second kappa shape index (κ2) is 8.17. The topological polar surface area (TPSA) is 98.7 Å². The molecule has 0 bridgehead atoms. The van der Waals surface area contributed by atoms with Crippen molar-refractivity contribution in [2.45, 2.75) is 25.8 Å². The van der Waals surface area contributed by atoms with Crippen molar-refractivity contribution in [1.29, 1.82) is 0 Å². The van der Waals surface area contributed by atoms with Crippen LogP contribution < -0.4 is 10.6 Å². The molecule has 0 aliphatic carbocycles. The molecular weight excluding hydrogens is 298 g/mol. The molecule has 0 unspecified atom stereocenters. The molecule has 0 fully saturated rings. The van der Waals surface area contributed by atoms with Crippen molar-refractivity contribution in [2.24, 2.45) is 0 Å². The zero-order chi connectivity index (χ0) is 16.7. The third-order valence-electron chi connectivity index (χ3n) is 3.71. The number of hydrogen-bond donors (Lipinski definition) is 3. The molecule has 0 spiro atoms. The molecular formula is C16H21N3O4. The second-order valence-electron chi connectivity index (χ2n) is 5.42. The minimum Gasteiger partial charge on any atom is -0.481 e. The maximum absolute atomic E-state index is 12.1. The smallest absolute Gasteiger partial charge is 0.317 e. The van der Waals surface area contributed by atoms with Crippen LogP contribution in [0.5, 0.6) is 0 Å². The molecule has 23 heavy (non-hydrogen) atoms. The van der Waals surface area contributed by atoms with Crippen LogP contribution in [0.4, 0.5) is 4.79 Å². The fourth-order valence-electron chi connectivity index (χ4n) is 2.46. The maximum atomic E-state index is 12.1. The average molecular weight is 319 g/mol. The lowest BCUT2D eigenvalue weighted by Crippen LogP contribution is -2.43. The Morgan fingerprint density at radius 2 is 1.74 bits per heavy atom. The van der Waals surface area contributed by atoms with Crippen LogP contribution in [0.15, 0.2) is 24.3 Å². The van der Waals surface area contributed by atoms with E-state index in [1.807, 2.05) is 18.2 Å². The van der Waals surface area contributed by atoms with E-state index in [4.69, 9.17) is 5.11 Å². The first kappa shape index (κ1) is 16.8. The van der Waals surface area contributed by atoms with E-state index in [2.05, 4.69) is 16.7 Å². The Morgan fingerprint density at radius 1 is 1.04 bits per heavy atom. The van der Waals surface area contributed by atoms with Gasteiger partial charge in [-0.05, 0) is 17.5 Å². The highest BCUT2D eigenvalue weighted by atomic mass is 16.4. The minimum absolute atomic E-state index is 0.102. The van der Waals surface area contributed by atoms with Gasteiger partial charge in [-0.2, -0.15) is 0 Å². The van der Waals surface area contributed by atoms with Gasteiger partial charge in [0.2, 0.25) is 5.91 Å². The van der Waals surface area contributed by atoms with Crippen LogP contribution in [-0.4, -0.2) is 47.5 Å². The van der Waals surface area contributed by atoms with Gasteiger partial charge in [-0.25, -0.2) is 4.79 Å². The quantitative estimate of drug-likeness (QED) is 0.720. The molecule has 2 rings (SSSR count). The zero-order valence-corrected chi connectivity index (χ0v) is 12.9. The molecule has 124 valence electrons. The third-order valence-corrected chi connectivity index (χ3v) is 3.71. The van der Waals surface area contributed by atoms with Gasteiger partial charge in [0, 0.05) is 32.6 Å². The monoisotopic (exact) mass is 319 g/mol. The van der Waals surface area contributed by atoms with Crippen LogP contribution in [0, 0.1) is 0 Å². The highest BCUT2D eigenvalue weighted by Gasteiger charge is 2.19. The largest absolute Gasteiger partial charge is 0.481 e. The van der Waals surface area contributed by atoms with Crippen molar-refractivity contribution < 1.29 is 19.5 Å². The number of aliphatic carboxylic acids is 1. The van der Waals surface area contributed by atoms with Gasteiger partial charge in [-0.3, -0.25) is 9.59 Å². The lowest BCUT2D eigenvalue weighted by molar-refractivity contribution is -0.136. The fraction of sp³-hybridized carbons (Fsp3) is 0.438. The number of amides is 3. The van der Waals surface area contributed by atoms with Crippen molar-refractivity contribution in [3.8, 4) is 0 Å². The summed E-state index contributed by atoms with van der Waals surface area (Å²) in [6.45, 7) is 1.57. The number of carboxylic acid groups (broad SMARTS) is 1. The maximum Gasteiger partial charge on any atom is 0.317 e. The van der Waals surface area contributed by atoms with Crippen molar-refractivity contribution in [1.82, 2.24) is 15.5 Å². The number of hydrogen-bond acceptors (Lipinski definition) is 3. The van der Waals surface area contributed by atoms with Crippen LogP contribution >= 0.6 is 0 Å². The van der Waals surface area contributed by atoms with Crippen LogP contribution in [0.25, 0.3) is 0 Å². The molecule has 3 amide bonds. The van der Waals surface area contributed by atoms with Gasteiger partial charge in [0.25, 0.3) is 0 Å². The van der Waals surface area contributed by atoms with E-state index in [9.17, 15) is 14.4 Å². The Kier molecular flexibility index (Phi) is 5.96. The number of nitrogens with zero attached hydrogens (tertiary/aromatic N) is 1. The highest BCUT2D eigenvalue weighted by molar-refractivity contribution is 5.78. The minimum atomic E-state index is -0.955. The second-order valence-corrected chi connectivity index (χ2v) is 5.42. The van der Waals surface area contributed by atoms with E-state index in [1.165, 1.54) is 5.56 Å². The van der Waals surface area contributed by atoms with Gasteiger partial charge in [0.15, 0.2) is 0 Å². The van der Waals surface area contributed by atoms with E-state index in [1.54, 1.807) is 4.90 Å². The number of carbonyl (C=O) groups is 3. The Bertz CT molecular complexity index is 588. The first-order valence-electron chi connectivity index (χ1n) is 7.64. The van der Waals surface area contributed by atoms with Gasteiger partial charge in [-0.1, -0.05) is 24.3 Å². The van der Waals surface area contributed by atoms with E-state index < -0.39 is 5.97 Å². The summed E-state index contributed by atoms with van der Waals surface area (Å²) in [6, 6.07) is 7.87. The summed E-state index contributed by atoms with van der Waals surface area (Å²) in [7, 11) is 0. The van der Waals surface area contributed by atoms with Crippen molar-refractivity contribution in [3.63, 3.8) is 0 Å². The lowest BCUT2D eigenvalue weighted by atomic mass is 10.0. The van der Waals surface area contributed by atoms with E-state index in [0.717, 1.165) is 12.0 Å². The standard InChI is InChI=1S/C16H21N3O4/c20-14(17-9-6-15(21)22)5-8-18-16(23)19-10-7-12-3-1-2-4-13(12)11-19/h1-4H,5-11H2,(H,17,20)(H,18,23)(H,21,22). The summed E-state index contributed by atoms with van der Waals surface area (Å²) in [5.41, 5.74) is 2.43. The summed E-state index contributed by atoms with van der Waals surface area (Å²) < 4.78 is 0. The number of rotatable bonds is 6. The number of urea groups is 1. The molecule has 0 atom stereocenters. The van der Waals surface area contributed by atoms with Crippen LogP contribution in [0.3, 0.4) is 0 Å². The summed E-state index contributed by atoms with van der Waals surface area (Å²) in [4.78, 5) is 35.6. The first-order valence-corrected chi connectivity index (χ1v) is 7.64. The molecule has 7 heteroatoms. The Hall–Kier alpha value is -2.57. The zero-order valence-electron chi connectivity index (χ0n) is 12.9. The molecule has 0 saturated carbocycles. The molecule has 1 heterocycles. The Balaban J connectivity index is 1.68. The molecule has 0 radical (unpaired) electrons. The van der Waals surface area contributed by atoms with Crippen molar-refractivity contribution >= 4 is 17.9 Å². The molecule has 1 aliphatic heterocycles. The van der Waals surface area contributed by atoms with E-state index >= 15 is 0 Å². The number of nitrogens with one attached hydrogen (secondary N) is 2. The van der Waals surface area contributed by atoms with Gasteiger partial charge < -0.3 is 20.6 Å². The van der Waals surface area contributed by atoms with E-state index in [-0.39, 0.29) is 37.9 Å². The van der Waals surface area contributed by atoms with Crippen molar-refractivity contribution in [3.05, 3.63) is 35.4 Å². The molecule has 3 N–H and O–H groups in total. The van der Waals surface area contributed by atoms with Crippen LogP contribution in [0.2, 0.25) is 0 Å². The van der Waals surface area contributed by atoms with Gasteiger partial charge in [-0.15, -0.1) is 0 Å². The van der Waals surface area contributed by atoms with Crippen LogP contribution in [-0.2, 0) is 22.6 Å². The summed E-state index contributed by atoms with van der Waals surface area (Å²) in [5, 5.41) is 13.7. The van der Waals surface area contributed by atoms with Gasteiger partial charge in [0.05, 0.1) is 6.42 Å². The summed E-state index contributed by atoms with van der Waals surface area (Å²) in [6.07, 6.45) is 0.861. The predicted molar refractivity (Wildman–Crippen MR) is 83.8 cm³/mol. The number of carboxylic acids is 1. The third kappa shape index (κ3) is 5.28. The van der Waals surface area contributed by atoms with E-state index in [0.29, 0.717) is 13.1 Å². The molecule has 0 saturated heterocycles. The number of carbonyl (C=O) groups excluding carboxylic acids is 2. The summed E-state index contributed by atoms with van der Waals surface area (Å²) >= 11 is 0. The fourth-order valence-corrected chi connectivity index (χ4v) is 2.46. The molecule has 1 aromatic rings. The van der Waals surface area contributed by atoms with Gasteiger partial charge >= 0.3 is 12.0 Å². The Labute approximate surface area is 134 Å². The number of benzene rings is 1. The molecule has 1 aliphatic rings. The lowest BCUT2D eigenvalue weighted by Gasteiger charge is -2.28. The van der Waals surface area contributed by atoms with Crippen molar-refractivity contribution in [2.75, 3.05) is 19.6 Å². The summed E-state index contributed by atoms with van der Waals surface area (Å²) in [5.74, 6) is -1.22. The first-order chi connectivity index (χ1) is 11.1. The predicted octanol–water partition coefficient (Wildman–Crippen LogP) is 0.735. The average Bonchev–Trinajstić information content (AvgIpc) is 2.54. The molecule has 7 nitrogen and oxygen atoms in total.